The van der Waals surface area contributed by atoms with E-state index in [2.05, 4.69) is 5.32 Å². The van der Waals surface area contributed by atoms with Gasteiger partial charge in [-0.3, -0.25) is 4.79 Å². The molecule has 108 valence electrons. The molecular weight excluding hydrogens is 266 g/mol. The second kappa shape index (κ2) is 6.08. The van der Waals surface area contributed by atoms with Crippen LogP contribution in [0.5, 0.6) is 0 Å². The van der Waals surface area contributed by atoms with E-state index in [1.54, 1.807) is 6.07 Å². The monoisotopic (exact) mass is 283 g/mol. The molecule has 1 aliphatic rings. The van der Waals surface area contributed by atoms with Gasteiger partial charge in [0.15, 0.2) is 0 Å². The zero-order valence-electron chi connectivity index (χ0n) is 11.6. The fraction of sp³-hybridized carbons (Fsp3) is 0.235. The summed E-state index contributed by atoms with van der Waals surface area (Å²) in [7, 11) is 0. The fourth-order valence-corrected chi connectivity index (χ4v) is 2.47. The van der Waals surface area contributed by atoms with Gasteiger partial charge in [0.05, 0.1) is 25.9 Å². The van der Waals surface area contributed by atoms with Crippen LogP contribution in [-0.2, 0) is 18.0 Å². The summed E-state index contributed by atoms with van der Waals surface area (Å²) >= 11 is 0. The Labute approximate surface area is 123 Å². The molecule has 2 aromatic rings. The number of ether oxygens (including phenoxy) is 1. The van der Waals surface area contributed by atoms with Gasteiger partial charge < -0.3 is 15.2 Å². The van der Waals surface area contributed by atoms with Crippen LogP contribution >= 0.6 is 0 Å². The number of aliphatic hydroxyl groups is 1. The molecule has 1 aliphatic heterocycles. The average molecular weight is 283 g/mol. The van der Waals surface area contributed by atoms with Gasteiger partial charge in [-0.05, 0) is 28.8 Å². The molecule has 21 heavy (non-hydrogen) atoms. The molecule has 0 saturated carbocycles. The number of carbonyl (C=O) groups excluding carboxylic acids is 1. The van der Waals surface area contributed by atoms with E-state index in [0.29, 0.717) is 18.8 Å². The van der Waals surface area contributed by atoms with Gasteiger partial charge in [0, 0.05) is 5.56 Å². The molecule has 1 atom stereocenters. The van der Waals surface area contributed by atoms with E-state index in [1.807, 2.05) is 42.5 Å². The van der Waals surface area contributed by atoms with Crippen LogP contribution in [0.2, 0.25) is 0 Å². The molecule has 0 spiro atoms. The van der Waals surface area contributed by atoms with E-state index >= 15 is 0 Å². The number of hydrogen-bond acceptors (Lipinski definition) is 3. The highest BCUT2D eigenvalue weighted by Crippen LogP contribution is 2.21. The van der Waals surface area contributed by atoms with Gasteiger partial charge >= 0.3 is 0 Å². The largest absolute Gasteiger partial charge is 0.394 e. The number of nitrogens with one attached hydrogen (secondary N) is 1. The molecule has 0 aromatic heterocycles. The lowest BCUT2D eigenvalue weighted by Gasteiger charge is -2.17. The van der Waals surface area contributed by atoms with Crippen molar-refractivity contribution in [3.05, 3.63) is 70.8 Å². The van der Waals surface area contributed by atoms with Crippen LogP contribution in [0.1, 0.15) is 33.1 Å². The molecule has 0 bridgehead atoms. The summed E-state index contributed by atoms with van der Waals surface area (Å²) in [6, 6.07) is 14.6. The molecule has 0 radical (unpaired) electrons. The summed E-state index contributed by atoms with van der Waals surface area (Å²) in [5, 5.41) is 12.4. The molecule has 2 aromatic carbocycles. The van der Waals surface area contributed by atoms with Crippen molar-refractivity contribution in [3.63, 3.8) is 0 Å². The van der Waals surface area contributed by atoms with Gasteiger partial charge in [0.1, 0.15) is 0 Å². The highest BCUT2D eigenvalue weighted by atomic mass is 16.5. The summed E-state index contributed by atoms with van der Waals surface area (Å²) in [4.78, 5) is 12.3. The number of fused-ring (bicyclic) bond motifs is 1. The first-order valence-corrected chi connectivity index (χ1v) is 6.94. The fourth-order valence-electron chi connectivity index (χ4n) is 2.47. The van der Waals surface area contributed by atoms with E-state index < -0.39 is 6.04 Å². The van der Waals surface area contributed by atoms with Gasteiger partial charge in [-0.2, -0.15) is 0 Å². The van der Waals surface area contributed by atoms with E-state index in [-0.39, 0.29) is 12.5 Å². The van der Waals surface area contributed by atoms with Crippen molar-refractivity contribution in [2.75, 3.05) is 6.61 Å². The van der Waals surface area contributed by atoms with Crippen LogP contribution in [-0.4, -0.2) is 17.6 Å². The quantitative estimate of drug-likeness (QED) is 0.904. The highest BCUT2D eigenvalue weighted by Gasteiger charge is 2.17. The predicted molar refractivity (Wildman–Crippen MR) is 78.7 cm³/mol. The second-order valence-corrected chi connectivity index (χ2v) is 5.10. The smallest absolute Gasteiger partial charge is 0.251 e. The predicted octanol–water partition coefficient (Wildman–Crippen LogP) is 2.18. The lowest BCUT2D eigenvalue weighted by atomic mass is 10.0. The SMILES string of the molecule is O=C(NC(CO)c1ccccc1)c1ccc2c(c1)COC2. The van der Waals surface area contributed by atoms with Gasteiger partial charge in [-0.15, -0.1) is 0 Å². The Balaban J connectivity index is 1.76. The Morgan fingerprint density at radius 1 is 1.14 bits per heavy atom. The van der Waals surface area contributed by atoms with E-state index in [0.717, 1.165) is 16.7 Å². The average Bonchev–Trinajstić information content (AvgIpc) is 3.00. The van der Waals surface area contributed by atoms with Crippen molar-refractivity contribution < 1.29 is 14.6 Å². The molecule has 4 nitrogen and oxygen atoms in total. The van der Waals surface area contributed by atoms with Crippen LogP contribution in [0.4, 0.5) is 0 Å². The standard InChI is InChI=1S/C17H17NO3/c19-9-16(12-4-2-1-3-5-12)18-17(20)13-6-7-14-10-21-11-15(14)8-13/h1-8,16,19H,9-11H2,(H,18,20). The number of hydrogen-bond donors (Lipinski definition) is 2. The van der Waals surface area contributed by atoms with Crippen molar-refractivity contribution in [3.8, 4) is 0 Å². The maximum atomic E-state index is 12.3. The molecule has 2 N–H and O–H groups in total. The molecule has 0 fully saturated rings. The number of rotatable bonds is 4. The first-order chi connectivity index (χ1) is 10.3. The zero-order chi connectivity index (χ0) is 14.7. The normalized spacial score (nSPS) is 14.5. The summed E-state index contributed by atoms with van der Waals surface area (Å²) in [5.74, 6) is -0.187. The number of carbonyl (C=O) groups is 1. The molecule has 0 saturated heterocycles. The van der Waals surface area contributed by atoms with Crippen molar-refractivity contribution in [1.29, 1.82) is 0 Å². The van der Waals surface area contributed by atoms with Gasteiger partial charge in [-0.1, -0.05) is 36.4 Å². The summed E-state index contributed by atoms with van der Waals surface area (Å²) < 4.78 is 5.35. The van der Waals surface area contributed by atoms with Crippen molar-refractivity contribution in [2.45, 2.75) is 19.3 Å². The third-order valence-electron chi connectivity index (χ3n) is 3.67. The molecular formula is C17H17NO3. The van der Waals surface area contributed by atoms with E-state index in [1.165, 1.54) is 0 Å². The first-order valence-electron chi connectivity index (χ1n) is 6.94. The third kappa shape index (κ3) is 2.96. The Kier molecular flexibility index (Phi) is 3.99. The van der Waals surface area contributed by atoms with Crippen molar-refractivity contribution in [2.24, 2.45) is 0 Å². The van der Waals surface area contributed by atoms with E-state index in [4.69, 9.17) is 4.74 Å². The van der Waals surface area contributed by atoms with Crippen molar-refractivity contribution >= 4 is 5.91 Å². The van der Waals surface area contributed by atoms with Crippen LogP contribution in [0.3, 0.4) is 0 Å². The zero-order valence-corrected chi connectivity index (χ0v) is 11.6. The number of benzene rings is 2. The second-order valence-electron chi connectivity index (χ2n) is 5.10. The molecule has 0 aliphatic carbocycles. The lowest BCUT2D eigenvalue weighted by molar-refractivity contribution is 0.0916. The molecule has 4 heteroatoms. The lowest BCUT2D eigenvalue weighted by Crippen LogP contribution is -2.30. The first kappa shape index (κ1) is 13.8. The Hall–Kier alpha value is -2.17. The number of amides is 1. The summed E-state index contributed by atoms with van der Waals surface area (Å²) in [6.07, 6.45) is 0. The highest BCUT2D eigenvalue weighted by molar-refractivity contribution is 5.94. The van der Waals surface area contributed by atoms with Gasteiger partial charge in [0.25, 0.3) is 5.91 Å². The number of aliphatic hydroxyl groups excluding tert-OH is 1. The minimum Gasteiger partial charge on any atom is -0.394 e. The maximum Gasteiger partial charge on any atom is 0.251 e. The van der Waals surface area contributed by atoms with Crippen LogP contribution < -0.4 is 5.32 Å². The Morgan fingerprint density at radius 2 is 1.90 bits per heavy atom. The Bertz CT molecular complexity index is 640. The Morgan fingerprint density at radius 3 is 2.67 bits per heavy atom. The topological polar surface area (TPSA) is 58.6 Å². The van der Waals surface area contributed by atoms with Crippen LogP contribution in [0.25, 0.3) is 0 Å². The maximum absolute atomic E-state index is 12.3. The minimum atomic E-state index is -0.400. The van der Waals surface area contributed by atoms with E-state index in [9.17, 15) is 9.90 Å². The summed E-state index contributed by atoms with van der Waals surface area (Å²) in [5.41, 5.74) is 3.67. The van der Waals surface area contributed by atoms with Crippen LogP contribution in [0, 0.1) is 0 Å². The van der Waals surface area contributed by atoms with Crippen molar-refractivity contribution in [1.82, 2.24) is 5.32 Å². The molecule has 1 amide bonds. The molecule has 1 heterocycles. The van der Waals surface area contributed by atoms with Gasteiger partial charge in [-0.25, -0.2) is 0 Å². The van der Waals surface area contributed by atoms with Gasteiger partial charge in [0.2, 0.25) is 0 Å². The third-order valence-corrected chi connectivity index (χ3v) is 3.67. The minimum absolute atomic E-state index is 0.135. The molecule has 1 unspecified atom stereocenters. The van der Waals surface area contributed by atoms with Crippen LogP contribution in [0.15, 0.2) is 48.5 Å². The summed E-state index contributed by atoms with van der Waals surface area (Å²) in [6.45, 7) is 1.03. The molecule has 3 rings (SSSR count).